The average Bonchev–Trinajstić information content (AvgIpc) is 2.31. The third kappa shape index (κ3) is 3.09. The Balaban J connectivity index is 2.06. The molecule has 1 N–H and O–H groups in total. The van der Waals surface area contributed by atoms with Crippen LogP contribution in [0.5, 0.6) is 0 Å². The zero-order valence-corrected chi connectivity index (χ0v) is 10.8. The molecule has 2 rings (SSSR count). The summed E-state index contributed by atoms with van der Waals surface area (Å²) in [5.74, 6) is -0.0512. The summed E-state index contributed by atoms with van der Waals surface area (Å²) in [5, 5.41) is 10.2. The van der Waals surface area contributed by atoms with Crippen LogP contribution in [0.2, 0.25) is 0 Å². The molecule has 1 saturated heterocycles. The number of aryl methyl sites for hydroxylation is 2. The van der Waals surface area contributed by atoms with Crippen LogP contribution in [-0.4, -0.2) is 42.2 Å². The molecule has 0 aromatic heterocycles. The Morgan fingerprint density at radius 3 is 2.61 bits per heavy atom. The summed E-state index contributed by atoms with van der Waals surface area (Å²) in [4.78, 5) is 13.2. The van der Waals surface area contributed by atoms with Crippen molar-refractivity contribution in [3.63, 3.8) is 0 Å². The second-order valence-corrected chi connectivity index (χ2v) is 4.83. The molecule has 1 amide bonds. The third-order valence-electron chi connectivity index (χ3n) is 3.11. The first kappa shape index (κ1) is 13.1. The van der Waals surface area contributed by atoms with Crippen molar-refractivity contribution in [2.75, 3.05) is 26.3 Å². The summed E-state index contributed by atoms with van der Waals surface area (Å²) in [6, 6.07) is 5.99. The number of amides is 1. The Labute approximate surface area is 107 Å². The van der Waals surface area contributed by atoms with Crippen molar-refractivity contribution >= 4 is 5.91 Å². The molecule has 1 aliphatic rings. The van der Waals surface area contributed by atoms with Gasteiger partial charge in [-0.15, -0.1) is 0 Å². The number of hydrogen-bond donors (Lipinski definition) is 1. The summed E-state index contributed by atoms with van der Waals surface area (Å²) >= 11 is 0. The van der Waals surface area contributed by atoms with Crippen molar-refractivity contribution in [2.45, 2.75) is 20.0 Å². The number of rotatable bonds is 3. The topological polar surface area (TPSA) is 49.8 Å². The summed E-state index contributed by atoms with van der Waals surface area (Å²) in [6.45, 7) is 5.57. The number of hydrogen-bond acceptors (Lipinski definition) is 3. The second kappa shape index (κ2) is 5.50. The first-order valence-electron chi connectivity index (χ1n) is 6.18. The molecule has 1 aliphatic heterocycles. The number of ether oxygens (including phenoxy) is 1. The van der Waals surface area contributed by atoms with Gasteiger partial charge in [0.15, 0.2) is 0 Å². The Hall–Kier alpha value is -1.39. The van der Waals surface area contributed by atoms with Gasteiger partial charge in [-0.05, 0) is 19.4 Å². The van der Waals surface area contributed by atoms with E-state index in [1.165, 1.54) is 0 Å². The van der Waals surface area contributed by atoms with Crippen LogP contribution < -0.4 is 0 Å². The highest BCUT2D eigenvalue weighted by molar-refractivity contribution is 5.78. The highest BCUT2D eigenvalue weighted by Gasteiger charge is 2.22. The second-order valence-electron chi connectivity index (χ2n) is 4.83. The Morgan fingerprint density at radius 1 is 1.33 bits per heavy atom. The lowest BCUT2D eigenvalue weighted by molar-refractivity contribution is -0.144. The quantitative estimate of drug-likeness (QED) is 0.875. The van der Waals surface area contributed by atoms with Gasteiger partial charge in [0.25, 0.3) is 0 Å². The Morgan fingerprint density at radius 2 is 2.00 bits per heavy atom. The molecule has 0 aliphatic carbocycles. The van der Waals surface area contributed by atoms with Gasteiger partial charge in [-0.2, -0.15) is 0 Å². The van der Waals surface area contributed by atoms with Crippen LogP contribution in [0, 0.1) is 13.8 Å². The van der Waals surface area contributed by atoms with Crippen molar-refractivity contribution in [3.05, 3.63) is 34.9 Å². The molecular weight excluding hydrogens is 230 g/mol. The highest BCUT2D eigenvalue weighted by atomic mass is 16.5. The SMILES string of the molecule is Cc1cc(C)cc(C(O)CN2CCOCC2=O)c1. The van der Waals surface area contributed by atoms with Crippen LogP contribution in [0.3, 0.4) is 0 Å². The zero-order chi connectivity index (χ0) is 13.1. The van der Waals surface area contributed by atoms with Gasteiger partial charge >= 0.3 is 0 Å². The summed E-state index contributed by atoms with van der Waals surface area (Å²) in [7, 11) is 0. The molecule has 1 fully saturated rings. The van der Waals surface area contributed by atoms with Gasteiger partial charge in [0.1, 0.15) is 6.61 Å². The molecule has 4 heteroatoms. The smallest absolute Gasteiger partial charge is 0.248 e. The summed E-state index contributed by atoms with van der Waals surface area (Å²) < 4.78 is 5.06. The van der Waals surface area contributed by atoms with E-state index in [4.69, 9.17) is 4.74 Å². The third-order valence-corrected chi connectivity index (χ3v) is 3.11. The maximum atomic E-state index is 11.6. The largest absolute Gasteiger partial charge is 0.387 e. The molecule has 0 saturated carbocycles. The number of benzene rings is 1. The first-order chi connectivity index (χ1) is 8.56. The standard InChI is InChI=1S/C14H19NO3/c1-10-5-11(2)7-12(6-10)13(16)8-15-3-4-18-9-14(15)17/h5-7,13,16H,3-4,8-9H2,1-2H3. The van der Waals surface area contributed by atoms with Gasteiger partial charge in [-0.25, -0.2) is 0 Å². The van der Waals surface area contributed by atoms with E-state index in [9.17, 15) is 9.90 Å². The average molecular weight is 249 g/mol. The van der Waals surface area contributed by atoms with E-state index >= 15 is 0 Å². The molecule has 1 heterocycles. The lowest BCUT2D eigenvalue weighted by Crippen LogP contribution is -2.43. The van der Waals surface area contributed by atoms with Gasteiger partial charge < -0.3 is 14.7 Å². The molecular formula is C14H19NO3. The van der Waals surface area contributed by atoms with Gasteiger partial charge in [0, 0.05) is 6.54 Å². The van der Waals surface area contributed by atoms with E-state index in [1.807, 2.05) is 26.0 Å². The van der Waals surface area contributed by atoms with E-state index in [0.717, 1.165) is 16.7 Å². The minimum absolute atomic E-state index is 0.0512. The molecule has 1 aromatic carbocycles. The Bertz CT molecular complexity index is 424. The fraction of sp³-hybridized carbons (Fsp3) is 0.500. The number of carbonyl (C=O) groups excluding carboxylic acids is 1. The lowest BCUT2D eigenvalue weighted by Gasteiger charge is -2.29. The Kier molecular flexibility index (Phi) is 3.99. The van der Waals surface area contributed by atoms with Gasteiger partial charge in [0.05, 0.1) is 19.3 Å². The molecule has 0 spiro atoms. The maximum Gasteiger partial charge on any atom is 0.248 e. The molecule has 1 aromatic rings. The van der Waals surface area contributed by atoms with E-state index in [2.05, 4.69) is 6.07 Å². The molecule has 4 nitrogen and oxygen atoms in total. The molecule has 98 valence electrons. The zero-order valence-electron chi connectivity index (χ0n) is 10.8. The molecule has 18 heavy (non-hydrogen) atoms. The predicted octanol–water partition coefficient (Wildman–Crippen LogP) is 1.20. The number of morpholine rings is 1. The van der Waals surface area contributed by atoms with Gasteiger partial charge in [0.2, 0.25) is 5.91 Å². The number of aliphatic hydroxyl groups excluding tert-OH is 1. The van der Waals surface area contributed by atoms with Crippen molar-refractivity contribution < 1.29 is 14.6 Å². The number of nitrogens with zero attached hydrogens (tertiary/aromatic N) is 1. The van der Waals surface area contributed by atoms with Crippen LogP contribution in [0.4, 0.5) is 0 Å². The van der Waals surface area contributed by atoms with Gasteiger partial charge in [-0.3, -0.25) is 4.79 Å². The molecule has 0 bridgehead atoms. The minimum atomic E-state index is -0.634. The highest BCUT2D eigenvalue weighted by Crippen LogP contribution is 2.18. The summed E-state index contributed by atoms with van der Waals surface area (Å²) in [5.41, 5.74) is 3.11. The van der Waals surface area contributed by atoms with Crippen LogP contribution in [-0.2, 0) is 9.53 Å². The van der Waals surface area contributed by atoms with Crippen molar-refractivity contribution in [1.29, 1.82) is 0 Å². The lowest BCUT2D eigenvalue weighted by atomic mass is 10.0. The first-order valence-corrected chi connectivity index (χ1v) is 6.18. The summed E-state index contributed by atoms with van der Waals surface area (Å²) in [6.07, 6.45) is -0.634. The van der Waals surface area contributed by atoms with Crippen molar-refractivity contribution in [3.8, 4) is 0 Å². The van der Waals surface area contributed by atoms with Crippen molar-refractivity contribution in [1.82, 2.24) is 4.90 Å². The van der Waals surface area contributed by atoms with Crippen LogP contribution in [0.25, 0.3) is 0 Å². The van der Waals surface area contributed by atoms with E-state index in [0.29, 0.717) is 19.7 Å². The number of aliphatic hydroxyl groups is 1. The normalized spacial score (nSPS) is 17.9. The molecule has 1 unspecified atom stereocenters. The van der Waals surface area contributed by atoms with Crippen LogP contribution in [0.15, 0.2) is 18.2 Å². The molecule has 1 atom stereocenters. The fourth-order valence-corrected chi connectivity index (χ4v) is 2.26. The fourth-order valence-electron chi connectivity index (χ4n) is 2.26. The monoisotopic (exact) mass is 249 g/mol. The van der Waals surface area contributed by atoms with E-state index in [-0.39, 0.29) is 12.5 Å². The molecule has 0 radical (unpaired) electrons. The number of β-amino-alcohol motifs (C(OH)–C–C–N with tert-alkyl or cyclic N) is 1. The van der Waals surface area contributed by atoms with Gasteiger partial charge in [-0.1, -0.05) is 29.3 Å². The van der Waals surface area contributed by atoms with Crippen LogP contribution >= 0.6 is 0 Å². The van der Waals surface area contributed by atoms with Crippen LogP contribution in [0.1, 0.15) is 22.8 Å². The minimum Gasteiger partial charge on any atom is -0.387 e. The predicted molar refractivity (Wildman–Crippen MR) is 68.3 cm³/mol. The van der Waals surface area contributed by atoms with E-state index < -0.39 is 6.10 Å². The van der Waals surface area contributed by atoms with Crippen molar-refractivity contribution in [2.24, 2.45) is 0 Å². The maximum absolute atomic E-state index is 11.6. The van der Waals surface area contributed by atoms with E-state index in [1.54, 1.807) is 4.90 Å². The number of carbonyl (C=O) groups is 1.